The number of benzene rings is 6. The predicted molar refractivity (Wildman–Crippen MR) is 253 cm³/mol. The van der Waals surface area contributed by atoms with Crippen LogP contribution in [0.15, 0.2) is 152 Å². The Labute approximate surface area is 382 Å². The van der Waals surface area contributed by atoms with Gasteiger partial charge in [-0.25, -0.2) is 0 Å². The van der Waals surface area contributed by atoms with Gasteiger partial charge >= 0.3 is 29.5 Å². The second-order valence-electron chi connectivity index (χ2n) is 17.4. The van der Waals surface area contributed by atoms with Gasteiger partial charge in [-0.15, -0.1) is 36.4 Å². The molecule has 9 rings (SSSR count). The number of anilines is 2. The molecule has 0 unspecified atom stereocenters. The maximum absolute atomic E-state index is 7.42. The second kappa shape index (κ2) is 17.5. The summed E-state index contributed by atoms with van der Waals surface area (Å²) in [7, 11) is -3.27. The zero-order valence-corrected chi connectivity index (χ0v) is 40.0. The van der Waals surface area contributed by atoms with Crippen molar-refractivity contribution >= 4 is 30.2 Å². The van der Waals surface area contributed by atoms with Gasteiger partial charge < -0.3 is 8.99 Å². The quantitative estimate of drug-likeness (QED) is 0.0957. The fourth-order valence-corrected chi connectivity index (χ4v) is 12.9. The average Bonchev–Trinajstić information content (AvgIpc) is 4.05. The molecule has 0 spiro atoms. The van der Waals surface area contributed by atoms with Crippen LogP contribution in [0.3, 0.4) is 0 Å². The van der Waals surface area contributed by atoms with Crippen molar-refractivity contribution in [3.63, 3.8) is 0 Å². The van der Waals surface area contributed by atoms with Crippen LogP contribution in [0.5, 0.6) is 5.75 Å². The number of aromatic nitrogens is 4. The summed E-state index contributed by atoms with van der Waals surface area (Å²) in [4.78, 5) is 0. The van der Waals surface area contributed by atoms with Crippen LogP contribution >= 0.6 is 0 Å². The van der Waals surface area contributed by atoms with Gasteiger partial charge in [-0.05, 0) is 74.1 Å². The van der Waals surface area contributed by atoms with E-state index in [0.29, 0.717) is 23.7 Å². The van der Waals surface area contributed by atoms with E-state index in [1.165, 1.54) is 33.4 Å². The van der Waals surface area contributed by atoms with Gasteiger partial charge in [0.25, 0.3) is 0 Å². The molecule has 0 bridgehead atoms. The molecule has 8 aromatic rings. The van der Waals surface area contributed by atoms with Crippen molar-refractivity contribution < 1.29 is 25.5 Å². The first kappa shape index (κ1) is 42.9. The van der Waals surface area contributed by atoms with E-state index < -0.39 is 8.48 Å². The van der Waals surface area contributed by atoms with Crippen molar-refractivity contribution in [2.45, 2.75) is 79.1 Å². The first-order chi connectivity index (χ1) is 29.5. The third-order valence-corrected chi connectivity index (χ3v) is 15.8. The maximum Gasteiger partial charge on any atom is 2.00 e. The summed E-state index contributed by atoms with van der Waals surface area (Å²) in [5.41, 5.74) is 13.5. The summed E-state index contributed by atoms with van der Waals surface area (Å²) >= 11 is 0. The average molecular weight is 1010 g/mol. The molecular weight excluding hydrogens is 958 g/mol. The number of hydrogen-bond donors (Lipinski definition) is 0. The van der Waals surface area contributed by atoms with E-state index in [1.54, 1.807) is 0 Å². The molecule has 1 aliphatic heterocycles. The zero-order chi connectivity index (χ0) is 42.4. The van der Waals surface area contributed by atoms with Gasteiger partial charge in [-0.1, -0.05) is 158 Å². The molecule has 314 valence electrons. The fourth-order valence-electron chi connectivity index (χ4n) is 9.01. The standard InChI is InChI=1S/C54H53N5OSi.Pt/c1-36(2)47-24-16-25-48(37(3)4)53(47)40-32-55-57(34-40)42-18-15-19-44(30-42)59-51-31-43(58-35-41(33-56-58)54-49(38(5)6)26-17-27-50(54)39(7)8)28-29-52(51)60-61(59,45-20-11-9-12-21-45)46-22-13-10-14-23-46;/h9-29,32-39H,1-8H3;/q-2;+2. The molecular formula is C54H53N5OPtSi. The molecule has 62 heavy (non-hydrogen) atoms. The number of fused-ring (bicyclic) bond motifs is 1. The van der Waals surface area contributed by atoms with E-state index in [0.717, 1.165) is 50.0 Å². The largest absolute Gasteiger partial charge is 2.00 e. The van der Waals surface area contributed by atoms with Gasteiger partial charge in [0.2, 0.25) is 0 Å². The molecule has 3 heterocycles. The van der Waals surface area contributed by atoms with E-state index in [-0.39, 0.29) is 21.1 Å². The third kappa shape index (κ3) is 7.60. The Morgan fingerprint density at radius 3 is 1.34 bits per heavy atom. The summed E-state index contributed by atoms with van der Waals surface area (Å²) in [6.07, 6.45) is 8.29. The first-order valence-corrected chi connectivity index (χ1v) is 23.5. The first-order valence-electron chi connectivity index (χ1n) is 21.6. The van der Waals surface area contributed by atoms with Crippen molar-refractivity contribution in [3.05, 3.63) is 187 Å². The Hall–Kier alpha value is -5.75. The summed E-state index contributed by atoms with van der Waals surface area (Å²) in [5, 5.41) is 12.2. The molecule has 2 aromatic heterocycles. The SMILES string of the molecule is CC(C)c1cccc(C(C)C)c1-c1cnn(-c2[c-]c(N3c4[c-]c(-n5cc(-c6c(C(C)C)cccc6C(C)C)cn5)ccc4O[Si]3(c3ccccc3)c3ccccc3)ccc2)c1.[Pt+2]. The van der Waals surface area contributed by atoms with Crippen LogP contribution in [0.1, 0.15) is 101 Å². The number of rotatable bonds is 11. The van der Waals surface area contributed by atoms with Crippen molar-refractivity contribution in [2.75, 3.05) is 4.57 Å². The summed E-state index contributed by atoms with van der Waals surface area (Å²) in [5.74, 6) is 2.27. The molecule has 0 saturated heterocycles. The molecule has 0 N–H and O–H groups in total. The Bertz CT molecular complexity index is 2730. The fraction of sp³-hybridized carbons (Fsp3) is 0.222. The van der Waals surface area contributed by atoms with Gasteiger partial charge in [0, 0.05) is 39.6 Å². The molecule has 6 nitrogen and oxygen atoms in total. The predicted octanol–water partition coefficient (Wildman–Crippen LogP) is 12.3. The molecule has 0 aliphatic carbocycles. The molecule has 0 amide bonds. The molecule has 0 atom stereocenters. The van der Waals surface area contributed by atoms with Crippen LogP contribution in [-0.4, -0.2) is 28.0 Å². The van der Waals surface area contributed by atoms with Gasteiger partial charge in [0.15, 0.2) is 0 Å². The monoisotopic (exact) mass is 1010 g/mol. The van der Waals surface area contributed by atoms with E-state index in [9.17, 15) is 0 Å². The minimum absolute atomic E-state index is 0. The van der Waals surface area contributed by atoms with Crippen molar-refractivity contribution in [1.82, 2.24) is 19.6 Å². The molecule has 0 saturated carbocycles. The van der Waals surface area contributed by atoms with Crippen LogP contribution in [0.4, 0.5) is 11.4 Å². The molecule has 1 aliphatic rings. The van der Waals surface area contributed by atoms with E-state index in [2.05, 4.69) is 212 Å². The summed E-state index contributed by atoms with van der Waals surface area (Å²) < 4.78 is 13.7. The Morgan fingerprint density at radius 2 is 0.887 bits per heavy atom. The summed E-state index contributed by atoms with van der Waals surface area (Å²) in [6.45, 7) is 18.1. The topological polar surface area (TPSA) is 48.1 Å². The third-order valence-electron chi connectivity index (χ3n) is 12.0. The molecule has 0 fully saturated rings. The second-order valence-corrected chi connectivity index (χ2v) is 20.5. The molecule has 6 aromatic carbocycles. The van der Waals surface area contributed by atoms with Crippen LogP contribution in [-0.2, 0) is 21.1 Å². The molecule has 8 heteroatoms. The van der Waals surface area contributed by atoms with E-state index in [1.807, 2.05) is 21.8 Å². The van der Waals surface area contributed by atoms with Gasteiger partial charge in [-0.2, -0.15) is 16.3 Å². The van der Waals surface area contributed by atoms with Crippen molar-refractivity contribution in [2.24, 2.45) is 0 Å². The smallest absolute Gasteiger partial charge is 0.580 e. The Kier molecular flexibility index (Phi) is 12.1. The summed E-state index contributed by atoms with van der Waals surface area (Å²) in [6, 6.07) is 52.8. The van der Waals surface area contributed by atoms with E-state index >= 15 is 0 Å². The van der Waals surface area contributed by atoms with Crippen molar-refractivity contribution in [1.29, 1.82) is 0 Å². The number of hydrogen-bond acceptors (Lipinski definition) is 4. The molecule has 0 radical (unpaired) electrons. The number of nitrogens with zero attached hydrogens (tertiary/aromatic N) is 5. The Balaban J connectivity index is 0.00000529. The normalized spacial score (nSPS) is 13.2. The van der Waals surface area contributed by atoms with Crippen LogP contribution < -0.4 is 19.4 Å². The minimum Gasteiger partial charge on any atom is -0.580 e. The Morgan fingerprint density at radius 1 is 0.468 bits per heavy atom. The van der Waals surface area contributed by atoms with Crippen LogP contribution in [0.2, 0.25) is 0 Å². The van der Waals surface area contributed by atoms with Gasteiger partial charge in [0.1, 0.15) is 0 Å². The van der Waals surface area contributed by atoms with E-state index in [4.69, 9.17) is 14.6 Å². The van der Waals surface area contributed by atoms with Crippen LogP contribution in [0, 0.1) is 12.1 Å². The minimum atomic E-state index is -3.27. The van der Waals surface area contributed by atoms with Crippen molar-refractivity contribution in [3.8, 4) is 39.4 Å². The maximum atomic E-state index is 7.42. The van der Waals surface area contributed by atoms with Crippen LogP contribution in [0.25, 0.3) is 33.6 Å². The zero-order valence-electron chi connectivity index (χ0n) is 36.7. The van der Waals surface area contributed by atoms with Gasteiger partial charge in [-0.3, -0.25) is 9.36 Å². The van der Waals surface area contributed by atoms with Gasteiger partial charge in [0.05, 0.1) is 12.4 Å².